The lowest BCUT2D eigenvalue weighted by Crippen LogP contribution is -2.28. The Morgan fingerprint density at radius 2 is 2.10 bits per heavy atom. The summed E-state index contributed by atoms with van der Waals surface area (Å²) in [5.74, 6) is 1.31. The number of hydrogen-bond acceptors (Lipinski definition) is 4. The molecule has 1 amide bonds. The fourth-order valence-electron chi connectivity index (χ4n) is 2.95. The minimum absolute atomic E-state index is 0.00139. The molecule has 0 unspecified atom stereocenters. The zero-order valence-electron chi connectivity index (χ0n) is 12.2. The van der Waals surface area contributed by atoms with E-state index < -0.39 is 0 Å². The molecule has 5 nitrogen and oxygen atoms in total. The Balaban J connectivity index is 1.77. The standard InChI is InChI=1S/C16H19N3O2/c1-11-8-15(18-21-11)17-16(20)14-10-19(2)9-13(14)12-6-4-3-5-7-12/h3-8,13-14H,9-10H2,1-2H3,(H,17,18,20)/t13-,14-/m1/s1. The highest BCUT2D eigenvalue weighted by molar-refractivity contribution is 5.92. The van der Waals surface area contributed by atoms with Crippen LogP contribution >= 0.6 is 0 Å². The summed E-state index contributed by atoms with van der Waals surface area (Å²) in [6.07, 6.45) is 0. The van der Waals surface area contributed by atoms with Gasteiger partial charge in [-0.25, -0.2) is 0 Å². The van der Waals surface area contributed by atoms with E-state index >= 15 is 0 Å². The van der Waals surface area contributed by atoms with Crippen LogP contribution in [0.25, 0.3) is 0 Å². The number of carbonyl (C=O) groups is 1. The molecule has 1 N–H and O–H groups in total. The first-order chi connectivity index (χ1) is 10.1. The minimum atomic E-state index is -0.0746. The van der Waals surface area contributed by atoms with Gasteiger partial charge in [0.1, 0.15) is 5.76 Å². The molecule has 3 rings (SSSR count). The molecule has 1 saturated heterocycles. The number of anilines is 1. The van der Waals surface area contributed by atoms with Gasteiger partial charge in [0.2, 0.25) is 5.91 Å². The topological polar surface area (TPSA) is 58.4 Å². The van der Waals surface area contributed by atoms with Crippen LogP contribution in [0.15, 0.2) is 40.9 Å². The predicted octanol–water partition coefficient (Wildman–Crippen LogP) is 2.27. The molecule has 21 heavy (non-hydrogen) atoms. The molecule has 1 aromatic carbocycles. The summed E-state index contributed by atoms with van der Waals surface area (Å²) in [4.78, 5) is 14.7. The van der Waals surface area contributed by atoms with E-state index in [1.54, 1.807) is 13.0 Å². The molecule has 1 fully saturated rings. The fourth-order valence-corrected chi connectivity index (χ4v) is 2.95. The number of aryl methyl sites for hydroxylation is 1. The molecule has 0 radical (unpaired) electrons. The molecule has 0 spiro atoms. The molecule has 2 heterocycles. The van der Waals surface area contributed by atoms with Crippen LogP contribution in [0, 0.1) is 12.8 Å². The Kier molecular flexibility index (Phi) is 3.75. The second kappa shape index (κ2) is 5.69. The van der Waals surface area contributed by atoms with Crippen LogP contribution in [0.3, 0.4) is 0 Å². The first-order valence-electron chi connectivity index (χ1n) is 7.11. The van der Waals surface area contributed by atoms with Crippen molar-refractivity contribution in [3.63, 3.8) is 0 Å². The second-order valence-corrected chi connectivity index (χ2v) is 5.66. The van der Waals surface area contributed by atoms with Gasteiger partial charge in [0, 0.05) is 25.1 Å². The van der Waals surface area contributed by atoms with Crippen molar-refractivity contribution < 1.29 is 9.32 Å². The number of likely N-dealkylation sites (N-methyl/N-ethyl adjacent to an activating group) is 1. The molecule has 2 atom stereocenters. The number of likely N-dealkylation sites (tertiary alicyclic amines) is 1. The lowest BCUT2D eigenvalue weighted by molar-refractivity contribution is -0.119. The molecule has 0 aliphatic carbocycles. The number of nitrogens with one attached hydrogen (secondary N) is 1. The second-order valence-electron chi connectivity index (χ2n) is 5.66. The molecular weight excluding hydrogens is 266 g/mol. The summed E-state index contributed by atoms with van der Waals surface area (Å²) >= 11 is 0. The van der Waals surface area contributed by atoms with Gasteiger partial charge in [0.05, 0.1) is 5.92 Å². The monoisotopic (exact) mass is 285 g/mol. The smallest absolute Gasteiger partial charge is 0.230 e. The van der Waals surface area contributed by atoms with Crippen molar-refractivity contribution in [1.29, 1.82) is 0 Å². The fraction of sp³-hybridized carbons (Fsp3) is 0.375. The van der Waals surface area contributed by atoms with Crippen molar-refractivity contribution in [3.8, 4) is 0 Å². The normalized spacial score (nSPS) is 22.4. The maximum absolute atomic E-state index is 12.5. The molecule has 0 saturated carbocycles. The van der Waals surface area contributed by atoms with E-state index in [1.165, 1.54) is 5.56 Å². The minimum Gasteiger partial charge on any atom is -0.360 e. The molecule has 110 valence electrons. The third-order valence-corrected chi connectivity index (χ3v) is 3.95. The van der Waals surface area contributed by atoms with Crippen molar-refractivity contribution in [2.75, 3.05) is 25.5 Å². The molecular formula is C16H19N3O2. The van der Waals surface area contributed by atoms with Crippen LogP contribution in [0.5, 0.6) is 0 Å². The summed E-state index contributed by atoms with van der Waals surface area (Å²) in [7, 11) is 2.05. The lowest BCUT2D eigenvalue weighted by Gasteiger charge is -2.17. The number of amides is 1. The molecule has 1 aliphatic rings. The third-order valence-electron chi connectivity index (χ3n) is 3.95. The Morgan fingerprint density at radius 3 is 2.76 bits per heavy atom. The van der Waals surface area contributed by atoms with Crippen molar-refractivity contribution in [2.24, 2.45) is 5.92 Å². The summed E-state index contributed by atoms with van der Waals surface area (Å²) in [6.45, 7) is 3.45. The number of aromatic nitrogens is 1. The summed E-state index contributed by atoms with van der Waals surface area (Å²) in [5, 5.41) is 6.68. The van der Waals surface area contributed by atoms with E-state index in [1.807, 2.05) is 25.2 Å². The maximum atomic E-state index is 12.5. The number of rotatable bonds is 3. The quantitative estimate of drug-likeness (QED) is 0.940. The number of nitrogens with zero attached hydrogens (tertiary/aromatic N) is 2. The molecule has 0 bridgehead atoms. The Hall–Kier alpha value is -2.14. The first-order valence-corrected chi connectivity index (χ1v) is 7.11. The highest BCUT2D eigenvalue weighted by Gasteiger charge is 2.37. The van der Waals surface area contributed by atoms with Gasteiger partial charge < -0.3 is 14.7 Å². The number of carbonyl (C=O) groups excluding carboxylic acids is 1. The van der Waals surface area contributed by atoms with Crippen LogP contribution in [-0.4, -0.2) is 36.1 Å². The average molecular weight is 285 g/mol. The van der Waals surface area contributed by atoms with E-state index in [4.69, 9.17) is 4.52 Å². The van der Waals surface area contributed by atoms with Crippen molar-refractivity contribution in [2.45, 2.75) is 12.8 Å². The van der Waals surface area contributed by atoms with E-state index in [9.17, 15) is 4.79 Å². The van der Waals surface area contributed by atoms with Gasteiger partial charge in [-0.2, -0.15) is 0 Å². The Labute approximate surface area is 123 Å². The lowest BCUT2D eigenvalue weighted by atomic mass is 9.88. The van der Waals surface area contributed by atoms with Gasteiger partial charge >= 0.3 is 0 Å². The van der Waals surface area contributed by atoms with E-state index in [0.717, 1.165) is 13.1 Å². The van der Waals surface area contributed by atoms with Gasteiger partial charge in [-0.1, -0.05) is 35.5 Å². The zero-order valence-corrected chi connectivity index (χ0v) is 12.2. The molecule has 1 aromatic heterocycles. The van der Waals surface area contributed by atoms with Gasteiger partial charge in [-0.3, -0.25) is 4.79 Å². The average Bonchev–Trinajstić information content (AvgIpc) is 3.06. The number of benzene rings is 1. The highest BCUT2D eigenvalue weighted by atomic mass is 16.5. The largest absolute Gasteiger partial charge is 0.360 e. The van der Waals surface area contributed by atoms with Crippen LogP contribution in [0.4, 0.5) is 5.82 Å². The van der Waals surface area contributed by atoms with E-state index in [2.05, 4.69) is 27.5 Å². The molecule has 2 aromatic rings. The highest BCUT2D eigenvalue weighted by Crippen LogP contribution is 2.32. The van der Waals surface area contributed by atoms with Crippen molar-refractivity contribution in [3.05, 3.63) is 47.7 Å². The van der Waals surface area contributed by atoms with Gasteiger partial charge in [-0.15, -0.1) is 0 Å². The van der Waals surface area contributed by atoms with Crippen LogP contribution in [-0.2, 0) is 4.79 Å². The summed E-state index contributed by atoms with van der Waals surface area (Å²) in [6, 6.07) is 11.9. The van der Waals surface area contributed by atoms with Crippen molar-refractivity contribution in [1.82, 2.24) is 10.1 Å². The SMILES string of the molecule is Cc1cc(NC(=O)[C@@H]2CN(C)C[C@@H]2c2ccccc2)no1. The summed E-state index contributed by atoms with van der Waals surface area (Å²) < 4.78 is 4.99. The third kappa shape index (κ3) is 2.97. The van der Waals surface area contributed by atoms with Crippen molar-refractivity contribution >= 4 is 11.7 Å². The summed E-state index contributed by atoms with van der Waals surface area (Å²) in [5.41, 5.74) is 1.21. The van der Waals surface area contributed by atoms with Crippen LogP contribution in [0.2, 0.25) is 0 Å². The first kappa shape index (κ1) is 13.8. The van der Waals surface area contributed by atoms with Gasteiger partial charge in [-0.05, 0) is 19.5 Å². The van der Waals surface area contributed by atoms with Gasteiger partial charge in [0.15, 0.2) is 5.82 Å². The Bertz CT molecular complexity index is 623. The van der Waals surface area contributed by atoms with Gasteiger partial charge in [0.25, 0.3) is 0 Å². The van der Waals surface area contributed by atoms with Crippen LogP contribution < -0.4 is 5.32 Å². The Morgan fingerprint density at radius 1 is 1.33 bits per heavy atom. The maximum Gasteiger partial charge on any atom is 0.230 e. The number of hydrogen-bond donors (Lipinski definition) is 1. The zero-order chi connectivity index (χ0) is 14.8. The van der Waals surface area contributed by atoms with Crippen LogP contribution in [0.1, 0.15) is 17.2 Å². The predicted molar refractivity (Wildman–Crippen MR) is 80.0 cm³/mol. The molecule has 1 aliphatic heterocycles. The van der Waals surface area contributed by atoms with E-state index in [-0.39, 0.29) is 17.7 Å². The van der Waals surface area contributed by atoms with E-state index in [0.29, 0.717) is 11.6 Å². The molecule has 5 heteroatoms.